The molecule has 0 saturated heterocycles. The van der Waals surface area contributed by atoms with E-state index in [2.05, 4.69) is 15.9 Å². The van der Waals surface area contributed by atoms with Crippen molar-refractivity contribution in [1.82, 2.24) is 0 Å². The molecule has 1 rings (SSSR count). The van der Waals surface area contributed by atoms with Crippen molar-refractivity contribution in [2.24, 2.45) is 0 Å². The second-order valence-electron chi connectivity index (χ2n) is 3.16. The van der Waals surface area contributed by atoms with E-state index in [4.69, 9.17) is 4.74 Å². The van der Waals surface area contributed by atoms with Gasteiger partial charge >= 0.3 is 0 Å². The van der Waals surface area contributed by atoms with Gasteiger partial charge in [0, 0.05) is 10.0 Å². The molecule has 84 valence electrons. The minimum absolute atomic E-state index is 0.175. The summed E-state index contributed by atoms with van der Waals surface area (Å²) in [6.07, 6.45) is -0.319. The summed E-state index contributed by atoms with van der Waals surface area (Å²) in [6, 6.07) is 3.14. The van der Waals surface area contributed by atoms with Crippen molar-refractivity contribution >= 4 is 15.9 Å². The summed E-state index contributed by atoms with van der Waals surface area (Å²) >= 11 is 3.26. The molecule has 0 amide bonds. The van der Waals surface area contributed by atoms with Gasteiger partial charge in [-0.05, 0) is 25.5 Å². The van der Waals surface area contributed by atoms with Gasteiger partial charge in [-0.3, -0.25) is 0 Å². The maximum absolute atomic E-state index is 13.8. The number of halogens is 2. The summed E-state index contributed by atoms with van der Waals surface area (Å²) in [5.74, 6) is -0.302. The van der Waals surface area contributed by atoms with Gasteiger partial charge in [-0.25, -0.2) is 4.39 Å². The van der Waals surface area contributed by atoms with Crippen molar-refractivity contribution in [2.45, 2.75) is 26.4 Å². The molecular formula is C11H14BrFO2. The first-order chi connectivity index (χ1) is 7.10. The Kier molecular flexibility index (Phi) is 4.54. The Bertz CT molecular complexity index is 342. The van der Waals surface area contributed by atoms with Crippen molar-refractivity contribution in [2.75, 3.05) is 6.61 Å². The minimum atomic E-state index is -0.790. The van der Waals surface area contributed by atoms with E-state index in [0.29, 0.717) is 17.5 Å². The van der Waals surface area contributed by atoms with Crippen LogP contribution in [0.1, 0.15) is 31.9 Å². The average Bonchev–Trinajstić information content (AvgIpc) is 2.22. The number of hydrogen-bond acceptors (Lipinski definition) is 2. The van der Waals surface area contributed by atoms with Gasteiger partial charge in [-0.15, -0.1) is 0 Å². The lowest BCUT2D eigenvalue weighted by atomic mass is 10.1. The van der Waals surface area contributed by atoms with E-state index in [-0.39, 0.29) is 11.3 Å². The SMILES string of the molecule is CCOc1cc(Br)cc(C(O)CC)c1F. The summed E-state index contributed by atoms with van der Waals surface area (Å²) in [5, 5.41) is 9.61. The van der Waals surface area contributed by atoms with Crippen LogP contribution in [0.5, 0.6) is 5.75 Å². The highest BCUT2D eigenvalue weighted by molar-refractivity contribution is 9.10. The van der Waals surface area contributed by atoms with Crippen LogP contribution in [0.15, 0.2) is 16.6 Å². The van der Waals surface area contributed by atoms with Crippen LogP contribution in [-0.2, 0) is 0 Å². The third-order valence-corrected chi connectivity index (χ3v) is 2.54. The van der Waals surface area contributed by atoms with Crippen molar-refractivity contribution in [3.8, 4) is 5.75 Å². The van der Waals surface area contributed by atoms with Gasteiger partial charge in [-0.2, -0.15) is 0 Å². The number of hydrogen-bond donors (Lipinski definition) is 1. The van der Waals surface area contributed by atoms with Crippen molar-refractivity contribution < 1.29 is 14.2 Å². The molecule has 15 heavy (non-hydrogen) atoms. The highest BCUT2D eigenvalue weighted by Gasteiger charge is 2.16. The third kappa shape index (κ3) is 2.92. The third-order valence-electron chi connectivity index (χ3n) is 2.08. The summed E-state index contributed by atoms with van der Waals surface area (Å²) in [5.41, 5.74) is 0.273. The van der Waals surface area contributed by atoms with Gasteiger partial charge in [0.2, 0.25) is 0 Å². The molecule has 0 radical (unpaired) electrons. The molecule has 1 aromatic carbocycles. The van der Waals surface area contributed by atoms with E-state index in [0.717, 1.165) is 0 Å². The zero-order valence-corrected chi connectivity index (χ0v) is 10.3. The molecule has 0 bridgehead atoms. The van der Waals surface area contributed by atoms with Crippen molar-refractivity contribution in [3.05, 3.63) is 28.0 Å². The summed E-state index contributed by atoms with van der Waals surface area (Å²) in [4.78, 5) is 0. The Hall–Kier alpha value is -0.610. The second-order valence-corrected chi connectivity index (χ2v) is 4.08. The molecule has 2 nitrogen and oxygen atoms in total. The van der Waals surface area contributed by atoms with Gasteiger partial charge < -0.3 is 9.84 Å². The average molecular weight is 277 g/mol. The molecule has 4 heteroatoms. The minimum Gasteiger partial charge on any atom is -0.491 e. The number of aliphatic hydroxyl groups excluding tert-OH is 1. The molecule has 0 heterocycles. The Labute approximate surface area is 97.2 Å². The highest BCUT2D eigenvalue weighted by Crippen LogP contribution is 2.31. The normalized spacial score (nSPS) is 12.6. The molecule has 1 N–H and O–H groups in total. The molecule has 0 aromatic heterocycles. The van der Waals surface area contributed by atoms with Gasteiger partial charge in [-0.1, -0.05) is 22.9 Å². The molecule has 0 aliphatic heterocycles. The largest absolute Gasteiger partial charge is 0.491 e. The van der Waals surface area contributed by atoms with Crippen LogP contribution < -0.4 is 4.74 Å². The summed E-state index contributed by atoms with van der Waals surface area (Å²) in [6.45, 7) is 3.98. The lowest BCUT2D eigenvalue weighted by Gasteiger charge is -2.13. The molecule has 0 aliphatic carbocycles. The quantitative estimate of drug-likeness (QED) is 0.913. The molecular weight excluding hydrogens is 263 g/mol. The number of rotatable bonds is 4. The van der Waals surface area contributed by atoms with E-state index < -0.39 is 11.9 Å². The smallest absolute Gasteiger partial charge is 0.170 e. The predicted octanol–water partition coefficient (Wildman–Crippen LogP) is 3.43. The van der Waals surface area contributed by atoms with E-state index in [9.17, 15) is 9.50 Å². The van der Waals surface area contributed by atoms with Crippen molar-refractivity contribution in [3.63, 3.8) is 0 Å². The van der Waals surface area contributed by atoms with Crippen molar-refractivity contribution in [1.29, 1.82) is 0 Å². The first-order valence-corrected chi connectivity index (χ1v) is 5.69. The van der Waals surface area contributed by atoms with Crippen LogP contribution in [0.3, 0.4) is 0 Å². The van der Waals surface area contributed by atoms with Crippen LogP contribution in [0.2, 0.25) is 0 Å². The van der Waals surface area contributed by atoms with E-state index in [1.807, 2.05) is 0 Å². The second kappa shape index (κ2) is 5.47. The fraction of sp³-hybridized carbons (Fsp3) is 0.455. The topological polar surface area (TPSA) is 29.5 Å². The van der Waals surface area contributed by atoms with Gasteiger partial charge in [0.15, 0.2) is 11.6 Å². The Morgan fingerprint density at radius 1 is 1.47 bits per heavy atom. The Morgan fingerprint density at radius 2 is 2.13 bits per heavy atom. The summed E-state index contributed by atoms with van der Waals surface area (Å²) in [7, 11) is 0. The number of aliphatic hydroxyl groups is 1. The maximum Gasteiger partial charge on any atom is 0.170 e. The van der Waals surface area contributed by atoms with Crippen LogP contribution >= 0.6 is 15.9 Å². The first kappa shape index (κ1) is 12.5. The molecule has 0 saturated carbocycles. The van der Waals surface area contributed by atoms with E-state index >= 15 is 0 Å². The van der Waals surface area contributed by atoms with Gasteiger partial charge in [0.1, 0.15) is 0 Å². The standard InChI is InChI=1S/C11H14BrFO2/c1-3-9(14)8-5-7(12)6-10(11(8)13)15-4-2/h5-6,9,14H,3-4H2,1-2H3. The van der Waals surface area contributed by atoms with E-state index in [1.165, 1.54) is 0 Å². The van der Waals surface area contributed by atoms with Gasteiger partial charge in [0.05, 0.1) is 12.7 Å². The molecule has 1 aromatic rings. The molecule has 0 aliphatic rings. The summed E-state index contributed by atoms with van der Waals surface area (Å²) < 4.78 is 19.6. The first-order valence-electron chi connectivity index (χ1n) is 4.89. The molecule has 1 atom stereocenters. The predicted molar refractivity (Wildman–Crippen MR) is 60.5 cm³/mol. The van der Waals surface area contributed by atoms with Crippen LogP contribution in [0.4, 0.5) is 4.39 Å². The zero-order valence-electron chi connectivity index (χ0n) is 8.76. The number of benzene rings is 1. The van der Waals surface area contributed by atoms with Crippen LogP contribution in [0, 0.1) is 5.82 Å². The monoisotopic (exact) mass is 276 g/mol. The molecule has 0 spiro atoms. The number of ether oxygens (including phenoxy) is 1. The van der Waals surface area contributed by atoms with Gasteiger partial charge in [0.25, 0.3) is 0 Å². The zero-order chi connectivity index (χ0) is 11.4. The Morgan fingerprint density at radius 3 is 2.67 bits per heavy atom. The lowest BCUT2D eigenvalue weighted by Crippen LogP contribution is -2.03. The fourth-order valence-corrected chi connectivity index (χ4v) is 1.76. The lowest BCUT2D eigenvalue weighted by molar-refractivity contribution is 0.167. The molecule has 0 fully saturated rings. The van der Waals surface area contributed by atoms with E-state index in [1.54, 1.807) is 26.0 Å². The maximum atomic E-state index is 13.8. The molecule has 1 unspecified atom stereocenters. The van der Waals surface area contributed by atoms with Crippen LogP contribution in [-0.4, -0.2) is 11.7 Å². The Balaban J connectivity index is 3.15. The fourth-order valence-electron chi connectivity index (χ4n) is 1.31. The highest BCUT2D eigenvalue weighted by atomic mass is 79.9. The van der Waals surface area contributed by atoms with Crippen LogP contribution in [0.25, 0.3) is 0 Å².